The van der Waals surface area contributed by atoms with Crippen LogP contribution in [0.4, 0.5) is 0 Å². The second-order valence-electron chi connectivity index (χ2n) is 4.31. The standard InChI is InChI=1S/C11H20O2/c1-8(2)3-4-9-7-10(12)5-6-11(9)13/h3,9-13H,4-7H2,1-2H3/t9-,10+,11-/m1/s1. The molecule has 13 heavy (non-hydrogen) atoms. The van der Waals surface area contributed by atoms with Crippen molar-refractivity contribution in [2.75, 3.05) is 0 Å². The van der Waals surface area contributed by atoms with E-state index >= 15 is 0 Å². The normalized spacial score (nSPS) is 34.3. The van der Waals surface area contributed by atoms with E-state index in [-0.39, 0.29) is 18.1 Å². The first-order chi connectivity index (χ1) is 6.09. The highest BCUT2D eigenvalue weighted by Crippen LogP contribution is 2.27. The van der Waals surface area contributed by atoms with Crippen molar-refractivity contribution in [3.8, 4) is 0 Å². The highest BCUT2D eigenvalue weighted by atomic mass is 16.3. The zero-order chi connectivity index (χ0) is 9.84. The predicted molar refractivity (Wildman–Crippen MR) is 53.4 cm³/mol. The molecular formula is C11H20O2. The molecule has 0 spiro atoms. The second-order valence-corrected chi connectivity index (χ2v) is 4.31. The topological polar surface area (TPSA) is 40.5 Å². The smallest absolute Gasteiger partial charge is 0.0573 e. The Kier molecular flexibility index (Phi) is 3.94. The van der Waals surface area contributed by atoms with Crippen LogP contribution in [0.5, 0.6) is 0 Å². The summed E-state index contributed by atoms with van der Waals surface area (Å²) in [5.41, 5.74) is 1.28. The van der Waals surface area contributed by atoms with Gasteiger partial charge in [0.1, 0.15) is 0 Å². The van der Waals surface area contributed by atoms with Crippen LogP contribution in [0, 0.1) is 5.92 Å². The molecule has 1 rings (SSSR count). The van der Waals surface area contributed by atoms with E-state index in [1.54, 1.807) is 0 Å². The van der Waals surface area contributed by atoms with Crippen molar-refractivity contribution in [2.24, 2.45) is 5.92 Å². The van der Waals surface area contributed by atoms with Crippen LogP contribution in [0.25, 0.3) is 0 Å². The monoisotopic (exact) mass is 184 g/mol. The van der Waals surface area contributed by atoms with Crippen LogP contribution in [0.1, 0.15) is 39.5 Å². The molecular weight excluding hydrogens is 164 g/mol. The van der Waals surface area contributed by atoms with Crippen LogP contribution in [-0.2, 0) is 0 Å². The lowest BCUT2D eigenvalue weighted by Gasteiger charge is -2.30. The van der Waals surface area contributed by atoms with Gasteiger partial charge >= 0.3 is 0 Å². The van der Waals surface area contributed by atoms with Gasteiger partial charge in [0.05, 0.1) is 12.2 Å². The van der Waals surface area contributed by atoms with Crippen molar-refractivity contribution in [1.29, 1.82) is 0 Å². The minimum absolute atomic E-state index is 0.195. The molecule has 2 nitrogen and oxygen atoms in total. The van der Waals surface area contributed by atoms with Crippen molar-refractivity contribution >= 4 is 0 Å². The Morgan fingerprint density at radius 2 is 2.00 bits per heavy atom. The maximum absolute atomic E-state index is 9.66. The van der Waals surface area contributed by atoms with Crippen LogP contribution < -0.4 is 0 Å². The van der Waals surface area contributed by atoms with E-state index in [9.17, 15) is 10.2 Å². The van der Waals surface area contributed by atoms with Gasteiger partial charge in [-0.15, -0.1) is 0 Å². The summed E-state index contributed by atoms with van der Waals surface area (Å²) in [5.74, 6) is 0.263. The molecule has 1 fully saturated rings. The fourth-order valence-corrected chi connectivity index (χ4v) is 1.86. The molecule has 0 aromatic carbocycles. The minimum atomic E-state index is -0.209. The summed E-state index contributed by atoms with van der Waals surface area (Å²) in [6, 6.07) is 0. The molecule has 1 aliphatic carbocycles. The van der Waals surface area contributed by atoms with Crippen molar-refractivity contribution in [3.63, 3.8) is 0 Å². The average molecular weight is 184 g/mol. The Balaban J connectivity index is 2.42. The van der Waals surface area contributed by atoms with Gasteiger partial charge in [0.15, 0.2) is 0 Å². The van der Waals surface area contributed by atoms with Crippen molar-refractivity contribution in [2.45, 2.75) is 51.7 Å². The summed E-state index contributed by atoms with van der Waals surface area (Å²) in [7, 11) is 0. The van der Waals surface area contributed by atoms with E-state index in [1.165, 1.54) is 5.57 Å². The van der Waals surface area contributed by atoms with Crippen molar-refractivity contribution < 1.29 is 10.2 Å². The highest BCUT2D eigenvalue weighted by Gasteiger charge is 2.26. The first-order valence-electron chi connectivity index (χ1n) is 5.09. The number of aliphatic hydroxyl groups is 2. The number of aliphatic hydroxyl groups excluding tert-OH is 2. The van der Waals surface area contributed by atoms with Crippen molar-refractivity contribution in [3.05, 3.63) is 11.6 Å². The van der Waals surface area contributed by atoms with Crippen LogP contribution >= 0.6 is 0 Å². The maximum Gasteiger partial charge on any atom is 0.0573 e. The van der Waals surface area contributed by atoms with Crippen molar-refractivity contribution in [1.82, 2.24) is 0 Å². The molecule has 76 valence electrons. The zero-order valence-electron chi connectivity index (χ0n) is 8.53. The molecule has 0 unspecified atom stereocenters. The first kappa shape index (κ1) is 10.7. The lowest BCUT2D eigenvalue weighted by Crippen LogP contribution is -2.31. The van der Waals surface area contributed by atoms with Crippen LogP contribution in [0.2, 0.25) is 0 Å². The van der Waals surface area contributed by atoms with Crippen LogP contribution in [0.3, 0.4) is 0 Å². The van der Waals surface area contributed by atoms with E-state index in [0.29, 0.717) is 0 Å². The van der Waals surface area contributed by atoms with Gasteiger partial charge in [-0.05, 0) is 45.4 Å². The fourth-order valence-electron chi connectivity index (χ4n) is 1.86. The third-order valence-corrected chi connectivity index (χ3v) is 2.74. The minimum Gasteiger partial charge on any atom is -0.393 e. The lowest BCUT2D eigenvalue weighted by molar-refractivity contribution is 0.00816. The molecule has 0 heterocycles. The molecule has 0 aromatic rings. The molecule has 1 aliphatic rings. The quantitative estimate of drug-likeness (QED) is 0.643. The third-order valence-electron chi connectivity index (χ3n) is 2.74. The Morgan fingerprint density at radius 1 is 1.31 bits per heavy atom. The number of hydrogen-bond acceptors (Lipinski definition) is 2. The largest absolute Gasteiger partial charge is 0.393 e. The summed E-state index contributed by atoms with van der Waals surface area (Å²) in [6.07, 6.45) is 4.91. The Hall–Kier alpha value is -0.340. The molecule has 2 heteroatoms. The van der Waals surface area contributed by atoms with E-state index < -0.39 is 0 Å². The predicted octanol–water partition coefficient (Wildman–Crippen LogP) is 1.86. The van der Waals surface area contributed by atoms with Gasteiger partial charge in [0, 0.05) is 0 Å². The second kappa shape index (κ2) is 4.77. The van der Waals surface area contributed by atoms with Gasteiger partial charge in [-0.1, -0.05) is 11.6 Å². The van der Waals surface area contributed by atoms with E-state index in [0.717, 1.165) is 25.7 Å². The molecule has 0 radical (unpaired) electrons. The summed E-state index contributed by atoms with van der Waals surface area (Å²) < 4.78 is 0. The number of rotatable bonds is 2. The SMILES string of the molecule is CC(C)=CC[C@@H]1C[C@@H](O)CC[C@H]1O. The molecule has 1 saturated carbocycles. The van der Waals surface area contributed by atoms with Gasteiger partial charge in [0.2, 0.25) is 0 Å². The number of allylic oxidation sites excluding steroid dienone is 2. The van der Waals surface area contributed by atoms with Gasteiger partial charge in [-0.3, -0.25) is 0 Å². The molecule has 0 aliphatic heterocycles. The zero-order valence-corrected chi connectivity index (χ0v) is 8.53. The fraction of sp³-hybridized carbons (Fsp3) is 0.818. The molecule has 0 saturated heterocycles. The Morgan fingerprint density at radius 3 is 2.62 bits per heavy atom. The molecule has 0 aromatic heterocycles. The third kappa shape index (κ3) is 3.49. The average Bonchev–Trinajstić information content (AvgIpc) is 2.06. The molecule has 2 N–H and O–H groups in total. The van der Waals surface area contributed by atoms with Gasteiger partial charge in [0.25, 0.3) is 0 Å². The summed E-state index contributed by atoms with van der Waals surface area (Å²) in [6.45, 7) is 4.12. The first-order valence-corrected chi connectivity index (χ1v) is 5.09. The molecule has 0 bridgehead atoms. The molecule has 0 amide bonds. The highest BCUT2D eigenvalue weighted by molar-refractivity contribution is 4.96. The maximum atomic E-state index is 9.66. The Labute approximate surface area is 80.3 Å². The van der Waals surface area contributed by atoms with Gasteiger partial charge in [-0.25, -0.2) is 0 Å². The van der Waals surface area contributed by atoms with E-state index in [1.807, 2.05) is 0 Å². The summed E-state index contributed by atoms with van der Waals surface area (Å²) in [4.78, 5) is 0. The van der Waals surface area contributed by atoms with Crippen LogP contribution in [0.15, 0.2) is 11.6 Å². The van der Waals surface area contributed by atoms with Gasteiger partial charge in [-0.2, -0.15) is 0 Å². The summed E-state index contributed by atoms with van der Waals surface area (Å²) in [5, 5.41) is 19.1. The van der Waals surface area contributed by atoms with Gasteiger partial charge < -0.3 is 10.2 Å². The summed E-state index contributed by atoms with van der Waals surface area (Å²) >= 11 is 0. The van der Waals surface area contributed by atoms with E-state index in [2.05, 4.69) is 19.9 Å². The number of hydrogen-bond donors (Lipinski definition) is 2. The Bertz CT molecular complexity index is 183. The van der Waals surface area contributed by atoms with Crippen LogP contribution in [-0.4, -0.2) is 22.4 Å². The van der Waals surface area contributed by atoms with E-state index in [4.69, 9.17) is 0 Å². The molecule has 3 atom stereocenters. The lowest BCUT2D eigenvalue weighted by atomic mass is 9.82.